The summed E-state index contributed by atoms with van der Waals surface area (Å²) in [6.45, 7) is 1.22. The summed E-state index contributed by atoms with van der Waals surface area (Å²) < 4.78 is 5.18. The van der Waals surface area contributed by atoms with E-state index in [-0.39, 0.29) is 24.3 Å². The van der Waals surface area contributed by atoms with Gasteiger partial charge in [-0.05, 0) is 49.2 Å². The molecule has 3 aromatic rings. The van der Waals surface area contributed by atoms with Crippen LogP contribution in [0.4, 0.5) is 0 Å². The van der Waals surface area contributed by atoms with Gasteiger partial charge in [-0.25, -0.2) is 0 Å². The molecule has 1 saturated heterocycles. The second-order valence-electron chi connectivity index (χ2n) is 7.02. The molecule has 0 atom stereocenters. The summed E-state index contributed by atoms with van der Waals surface area (Å²) in [5.41, 5.74) is 1.21. The summed E-state index contributed by atoms with van der Waals surface area (Å²) in [5, 5.41) is 7.32. The Morgan fingerprint density at radius 1 is 1.13 bits per heavy atom. The minimum Gasteiger partial charge on any atom is -0.347 e. The maximum Gasteiger partial charge on any atom is 0.253 e. The summed E-state index contributed by atoms with van der Waals surface area (Å²) >= 11 is 5.88. The van der Waals surface area contributed by atoms with Crippen molar-refractivity contribution in [3.05, 3.63) is 65.1 Å². The molecule has 4 rings (SSSR count). The third kappa shape index (κ3) is 4.65. The molecule has 0 spiro atoms. The molecular formula is C21H20ClN5O3. The lowest BCUT2D eigenvalue weighted by Gasteiger charge is -2.31. The Labute approximate surface area is 178 Å². The lowest BCUT2D eigenvalue weighted by Crippen LogP contribution is -2.42. The molecule has 0 radical (unpaired) electrons. The summed E-state index contributed by atoms with van der Waals surface area (Å²) in [4.78, 5) is 35.3. The average Bonchev–Trinajstić information content (AvgIpc) is 3.27. The number of piperidine rings is 1. The van der Waals surface area contributed by atoms with Gasteiger partial charge >= 0.3 is 0 Å². The molecule has 1 N–H and O–H groups in total. The van der Waals surface area contributed by atoms with E-state index in [4.69, 9.17) is 16.1 Å². The van der Waals surface area contributed by atoms with Crippen LogP contribution in [0, 0.1) is 5.92 Å². The van der Waals surface area contributed by atoms with Gasteiger partial charge < -0.3 is 14.7 Å². The Morgan fingerprint density at radius 2 is 1.90 bits per heavy atom. The maximum absolute atomic E-state index is 12.6. The number of halogens is 1. The van der Waals surface area contributed by atoms with Crippen molar-refractivity contribution in [2.45, 2.75) is 19.4 Å². The van der Waals surface area contributed by atoms with E-state index < -0.39 is 0 Å². The van der Waals surface area contributed by atoms with Gasteiger partial charge in [0, 0.05) is 35.8 Å². The van der Waals surface area contributed by atoms with Crippen molar-refractivity contribution < 1.29 is 14.1 Å². The number of benzene rings is 1. The molecule has 1 aromatic carbocycles. The summed E-state index contributed by atoms with van der Waals surface area (Å²) in [5.74, 6) is 0.426. The van der Waals surface area contributed by atoms with Gasteiger partial charge in [-0.15, -0.1) is 0 Å². The van der Waals surface area contributed by atoms with Crippen molar-refractivity contribution in [2.75, 3.05) is 13.1 Å². The van der Waals surface area contributed by atoms with Crippen LogP contribution >= 0.6 is 11.6 Å². The Morgan fingerprint density at radius 3 is 2.60 bits per heavy atom. The number of hydrogen-bond donors (Lipinski definition) is 1. The number of carbonyl (C=O) groups excluding carboxylic acids is 2. The second-order valence-corrected chi connectivity index (χ2v) is 7.45. The lowest BCUT2D eigenvalue weighted by molar-refractivity contribution is -0.126. The van der Waals surface area contributed by atoms with Crippen LogP contribution in [0.25, 0.3) is 11.5 Å². The van der Waals surface area contributed by atoms with Crippen molar-refractivity contribution >= 4 is 23.4 Å². The molecule has 30 heavy (non-hydrogen) atoms. The number of likely N-dealkylation sites (tertiary alicyclic amines) is 1. The molecule has 1 fully saturated rings. The van der Waals surface area contributed by atoms with Crippen LogP contribution in [0.1, 0.15) is 29.1 Å². The van der Waals surface area contributed by atoms with Crippen LogP contribution in [0.5, 0.6) is 0 Å². The number of nitrogens with zero attached hydrogens (tertiary/aromatic N) is 4. The molecular weight excluding hydrogens is 406 g/mol. The standard InChI is InChI=1S/C21H20ClN5O3/c22-16-6-4-15(5-7-16)21(29)27-11-8-14(9-12-27)20(28)24-13-18-25-19(26-30-18)17-3-1-2-10-23-17/h1-7,10,14H,8-9,11-13H2,(H,24,28). The zero-order valence-corrected chi connectivity index (χ0v) is 16.9. The summed E-state index contributed by atoms with van der Waals surface area (Å²) in [6, 6.07) is 12.3. The van der Waals surface area contributed by atoms with Gasteiger partial charge in [0.15, 0.2) is 0 Å². The van der Waals surface area contributed by atoms with E-state index in [0.29, 0.717) is 53.9 Å². The van der Waals surface area contributed by atoms with E-state index in [1.807, 2.05) is 6.07 Å². The van der Waals surface area contributed by atoms with Crippen molar-refractivity contribution in [3.8, 4) is 11.5 Å². The van der Waals surface area contributed by atoms with Gasteiger partial charge in [0.25, 0.3) is 5.91 Å². The molecule has 8 nitrogen and oxygen atoms in total. The number of aromatic nitrogens is 3. The van der Waals surface area contributed by atoms with Crippen molar-refractivity contribution in [3.63, 3.8) is 0 Å². The third-order valence-electron chi connectivity index (χ3n) is 5.02. The number of pyridine rings is 1. The third-order valence-corrected chi connectivity index (χ3v) is 5.27. The van der Waals surface area contributed by atoms with E-state index in [0.717, 1.165) is 0 Å². The van der Waals surface area contributed by atoms with Gasteiger partial charge in [-0.1, -0.05) is 22.8 Å². The van der Waals surface area contributed by atoms with Gasteiger partial charge in [0.1, 0.15) is 5.69 Å². The first-order valence-corrected chi connectivity index (χ1v) is 10.0. The highest BCUT2D eigenvalue weighted by Crippen LogP contribution is 2.20. The van der Waals surface area contributed by atoms with E-state index in [1.54, 1.807) is 47.5 Å². The topological polar surface area (TPSA) is 101 Å². The molecule has 3 heterocycles. The molecule has 0 bridgehead atoms. The van der Waals surface area contributed by atoms with Crippen LogP contribution in [0.2, 0.25) is 5.02 Å². The second kappa shape index (κ2) is 9.04. The van der Waals surface area contributed by atoms with E-state index in [2.05, 4.69) is 20.4 Å². The van der Waals surface area contributed by atoms with Crippen molar-refractivity contribution in [1.29, 1.82) is 0 Å². The predicted molar refractivity (Wildman–Crippen MR) is 109 cm³/mol. The fourth-order valence-corrected chi connectivity index (χ4v) is 3.48. The predicted octanol–water partition coefficient (Wildman–Crippen LogP) is 2.95. The fraction of sp³-hybridized carbons (Fsp3) is 0.286. The first kappa shape index (κ1) is 20.0. The Balaban J connectivity index is 1.26. The minimum absolute atomic E-state index is 0.0431. The highest BCUT2D eigenvalue weighted by molar-refractivity contribution is 6.30. The average molecular weight is 426 g/mol. The number of nitrogens with one attached hydrogen (secondary N) is 1. The van der Waals surface area contributed by atoms with Gasteiger partial charge in [0.2, 0.25) is 17.6 Å². The van der Waals surface area contributed by atoms with Crippen molar-refractivity contribution in [2.24, 2.45) is 5.92 Å². The van der Waals surface area contributed by atoms with Crippen molar-refractivity contribution in [1.82, 2.24) is 25.3 Å². The van der Waals surface area contributed by atoms with Crippen LogP contribution in [-0.4, -0.2) is 44.9 Å². The monoisotopic (exact) mass is 425 g/mol. The summed E-state index contributed by atoms with van der Waals surface area (Å²) in [6.07, 6.45) is 2.86. The molecule has 1 aliphatic rings. The molecule has 0 unspecified atom stereocenters. The normalized spacial score (nSPS) is 14.5. The SMILES string of the molecule is O=C(NCc1nc(-c2ccccn2)no1)C1CCN(C(=O)c2ccc(Cl)cc2)CC1. The maximum atomic E-state index is 12.6. The van der Waals surface area contributed by atoms with Crippen LogP contribution in [-0.2, 0) is 11.3 Å². The molecule has 0 saturated carbocycles. The molecule has 2 amide bonds. The quantitative estimate of drug-likeness (QED) is 0.674. The van der Waals surface area contributed by atoms with Crippen LogP contribution in [0.15, 0.2) is 53.2 Å². The molecule has 154 valence electrons. The smallest absolute Gasteiger partial charge is 0.253 e. The first-order chi connectivity index (χ1) is 14.6. The van der Waals surface area contributed by atoms with Gasteiger partial charge in [0.05, 0.1) is 6.54 Å². The molecule has 0 aliphatic carbocycles. The zero-order chi connectivity index (χ0) is 20.9. The number of hydrogen-bond acceptors (Lipinski definition) is 6. The highest BCUT2D eigenvalue weighted by atomic mass is 35.5. The van der Waals surface area contributed by atoms with E-state index in [9.17, 15) is 9.59 Å². The highest BCUT2D eigenvalue weighted by Gasteiger charge is 2.28. The fourth-order valence-electron chi connectivity index (χ4n) is 3.35. The molecule has 2 aromatic heterocycles. The van der Waals surface area contributed by atoms with E-state index in [1.165, 1.54) is 0 Å². The number of carbonyl (C=O) groups is 2. The number of rotatable bonds is 5. The van der Waals surface area contributed by atoms with Gasteiger partial charge in [-0.3, -0.25) is 14.6 Å². The van der Waals surface area contributed by atoms with E-state index >= 15 is 0 Å². The van der Waals surface area contributed by atoms with Crippen LogP contribution < -0.4 is 5.32 Å². The minimum atomic E-state index is -0.155. The molecule has 1 aliphatic heterocycles. The molecule has 9 heteroatoms. The number of amides is 2. The van der Waals surface area contributed by atoms with Gasteiger partial charge in [-0.2, -0.15) is 4.98 Å². The first-order valence-electron chi connectivity index (χ1n) is 9.66. The Hall–Kier alpha value is -3.26. The zero-order valence-electron chi connectivity index (χ0n) is 16.1. The Kier molecular flexibility index (Phi) is 6.04. The Bertz CT molecular complexity index is 1010. The lowest BCUT2D eigenvalue weighted by atomic mass is 9.95. The largest absolute Gasteiger partial charge is 0.347 e. The summed E-state index contributed by atoms with van der Waals surface area (Å²) in [7, 11) is 0. The van der Waals surface area contributed by atoms with Crippen LogP contribution in [0.3, 0.4) is 0 Å².